The van der Waals surface area contributed by atoms with Crippen LogP contribution in [0.3, 0.4) is 0 Å². The first kappa shape index (κ1) is 15.3. The summed E-state index contributed by atoms with van der Waals surface area (Å²) in [6.07, 6.45) is 1.58. The molecule has 0 spiro atoms. The van der Waals surface area contributed by atoms with Crippen LogP contribution in [0.5, 0.6) is 0 Å². The van der Waals surface area contributed by atoms with E-state index >= 15 is 0 Å². The number of H-pyrrole nitrogens is 1. The van der Waals surface area contributed by atoms with Crippen molar-refractivity contribution in [1.82, 2.24) is 15.8 Å². The highest BCUT2D eigenvalue weighted by Gasteiger charge is 2.12. The first-order valence-corrected chi connectivity index (χ1v) is 6.42. The van der Waals surface area contributed by atoms with E-state index in [-0.39, 0.29) is 21.5 Å². The SMILES string of the molecule is O=C(NNC(=O)c1ccc[nH]c1=S)c1ccc([N+](=O)[O-])cc1. The maximum absolute atomic E-state index is 11.8. The molecule has 0 fully saturated rings. The van der Waals surface area contributed by atoms with E-state index in [0.717, 1.165) is 0 Å². The first-order valence-electron chi connectivity index (χ1n) is 6.02. The highest BCUT2D eigenvalue weighted by Crippen LogP contribution is 2.11. The lowest BCUT2D eigenvalue weighted by Gasteiger charge is -2.07. The summed E-state index contributed by atoms with van der Waals surface area (Å²) in [5, 5.41) is 10.5. The largest absolute Gasteiger partial charge is 0.352 e. The van der Waals surface area contributed by atoms with Crippen LogP contribution in [-0.4, -0.2) is 21.7 Å². The van der Waals surface area contributed by atoms with Crippen molar-refractivity contribution in [3.05, 3.63) is 68.5 Å². The molecule has 0 aliphatic carbocycles. The number of carbonyl (C=O) groups is 2. The summed E-state index contributed by atoms with van der Waals surface area (Å²) < 4.78 is 0.240. The molecule has 2 amide bonds. The third kappa shape index (κ3) is 3.52. The number of pyridine rings is 1. The minimum absolute atomic E-state index is 0.129. The molecule has 0 atom stereocenters. The lowest BCUT2D eigenvalue weighted by atomic mass is 10.2. The summed E-state index contributed by atoms with van der Waals surface area (Å²) in [5.74, 6) is -1.17. The molecule has 8 nitrogen and oxygen atoms in total. The van der Waals surface area contributed by atoms with E-state index in [9.17, 15) is 19.7 Å². The highest BCUT2D eigenvalue weighted by atomic mass is 32.1. The van der Waals surface area contributed by atoms with Gasteiger partial charge in [0.05, 0.1) is 10.5 Å². The third-order valence-electron chi connectivity index (χ3n) is 2.69. The third-order valence-corrected chi connectivity index (χ3v) is 3.03. The second-order valence-electron chi connectivity index (χ2n) is 4.13. The van der Waals surface area contributed by atoms with Crippen LogP contribution >= 0.6 is 12.2 Å². The predicted octanol–water partition coefficient (Wildman–Crippen LogP) is 1.73. The molecule has 9 heteroatoms. The van der Waals surface area contributed by atoms with Gasteiger partial charge in [0.15, 0.2) is 0 Å². The summed E-state index contributed by atoms with van der Waals surface area (Å²) in [7, 11) is 0. The molecule has 1 aromatic heterocycles. The van der Waals surface area contributed by atoms with Crippen LogP contribution in [0.25, 0.3) is 0 Å². The van der Waals surface area contributed by atoms with Crippen LogP contribution in [0.2, 0.25) is 0 Å². The van der Waals surface area contributed by atoms with E-state index in [2.05, 4.69) is 15.8 Å². The Kier molecular flexibility index (Phi) is 4.59. The summed E-state index contributed by atoms with van der Waals surface area (Å²) in [5.41, 5.74) is 4.67. The smallest absolute Gasteiger partial charge is 0.272 e. The molecule has 0 saturated carbocycles. The summed E-state index contributed by atoms with van der Waals surface area (Å²) >= 11 is 4.95. The molecule has 0 saturated heterocycles. The first-order chi connectivity index (χ1) is 10.5. The monoisotopic (exact) mass is 318 g/mol. The average molecular weight is 318 g/mol. The number of hydrogen-bond acceptors (Lipinski definition) is 5. The lowest BCUT2D eigenvalue weighted by molar-refractivity contribution is -0.384. The van der Waals surface area contributed by atoms with Crippen LogP contribution in [0, 0.1) is 14.8 Å². The number of nitro benzene ring substituents is 1. The Morgan fingerprint density at radius 3 is 2.32 bits per heavy atom. The maximum atomic E-state index is 11.8. The average Bonchev–Trinajstić information content (AvgIpc) is 2.52. The standard InChI is InChI=1S/C13H10N4O4S/c18-11(8-3-5-9(6-4-8)17(20)21)15-16-12(19)10-2-1-7-14-13(10)22/h1-7H,(H,14,22)(H,15,18)(H,16,19). The molecule has 0 aliphatic rings. The van der Waals surface area contributed by atoms with E-state index < -0.39 is 16.7 Å². The Hall–Kier alpha value is -3.07. The van der Waals surface area contributed by atoms with Crippen molar-refractivity contribution in [3.8, 4) is 0 Å². The van der Waals surface area contributed by atoms with E-state index in [0.29, 0.717) is 0 Å². The maximum Gasteiger partial charge on any atom is 0.272 e. The van der Waals surface area contributed by atoms with Crippen molar-refractivity contribution < 1.29 is 14.5 Å². The van der Waals surface area contributed by atoms with Gasteiger partial charge in [-0.3, -0.25) is 30.6 Å². The Morgan fingerprint density at radius 1 is 1.09 bits per heavy atom. The summed E-state index contributed by atoms with van der Waals surface area (Å²) in [4.78, 5) is 36.3. The number of hydrogen-bond donors (Lipinski definition) is 3. The van der Waals surface area contributed by atoms with E-state index in [1.807, 2.05) is 0 Å². The summed E-state index contributed by atoms with van der Waals surface area (Å²) in [6.45, 7) is 0. The van der Waals surface area contributed by atoms with Crippen molar-refractivity contribution in [3.63, 3.8) is 0 Å². The fourth-order valence-corrected chi connectivity index (χ4v) is 1.82. The van der Waals surface area contributed by atoms with Gasteiger partial charge < -0.3 is 4.98 Å². The van der Waals surface area contributed by atoms with Gasteiger partial charge in [-0.15, -0.1) is 0 Å². The number of benzene rings is 1. The minimum atomic E-state index is -0.603. The second-order valence-corrected chi connectivity index (χ2v) is 4.53. The Morgan fingerprint density at radius 2 is 1.73 bits per heavy atom. The number of aromatic amines is 1. The zero-order valence-electron chi connectivity index (χ0n) is 11.0. The molecule has 2 rings (SSSR count). The van der Waals surface area contributed by atoms with Gasteiger partial charge in [-0.2, -0.15) is 0 Å². The van der Waals surface area contributed by atoms with Gasteiger partial charge in [-0.1, -0.05) is 12.2 Å². The Balaban J connectivity index is 2.01. The van der Waals surface area contributed by atoms with Crippen molar-refractivity contribution in [2.24, 2.45) is 0 Å². The number of rotatable bonds is 3. The van der Waals surface area contributed by atoms with Gasteiger partial charge in [0, 0.05) is 23.9 Å². The van der Waals surface area contributed by atoms with Gasteiger partial charge in [0.25, 0.3) is 17.5 Å². The fraction of sp³-hybridized carbons (Fsp3) is 0. The number of nitrogens with zero attached hydrogens (tertiary/aromatic N) is 1. The number of carbonyl (C=O) groups excluding carboxylic acids is 2. The molecule has 22 heavy (non-hydrogen) atoms. The molecule has 0 bridgehead atoms. The minimum Gasteiger partial charge on any atom is -0.352 e. The lowest BCUT2D eigenvalue weighted by Crippen LogP contribution is -2.41. The molecule has 3 N–H and O–H groups in total. The van der Waals surface area contributed by atoms with Crippen molar-refractivity contribution in [2.75, 3.05) is 0 Å². The van der Waals surface area contributed by atoms with Gasteiger partial charge >= 0.3 is 0 Å². The molecule has 2 aromatic rings. The van der Waals surface area contributed by atoms with Gasteiger partial charge in [0.2, 0.25) is 0 Å². The normalized spacial score (nSPS) is 9.82. The van der Waals surface area contributed by atoms with Crippen molar-refractivity contribution in [2.45, 2.75) is 0 Å². The van der Waals surface area contributed by atoms with Crippen LogP contribution < -0.4 is 10.9 Å². The van der Waals surface area contributed by atoms with Crippen LogP contribution in [0.1, 0.15) is 20.7 Å². The number of amides is 2. The number of hydrazine groups is 1. The van der Waals surface area contributed by atoms with Gasteiger partial charge in [-0.05, 0) is 24.3 Å². The molecular formula is C13H10N4O4S. The van der Waals surface area contributed by atoms with Crippen molar-refractivity contribution in [1.29, 1.82) is 0 Å². The second kappa shape index (κ2) is 6.59. The van der Waals surface area contributed by atoms with Gasteiger partial charge in [0.1, 0.15) is 4.64 Å². The fourth-order valence-electron chi connectivity index (χ4n) is 1.59. The van der Waals surface area contributed by atoms with E-state index in [1.165, 1.54) is 30.3 Å². The molecule has 112 valence electrons. The summed E-state index contributed by atoms with van der Waals surface area (Å²) in [6, 6.07) is 8.08. The quantitative estimate of drug-likeness (QED) is 0.452. The zero-order chi connectivity index (χ0) is 16.1. The molecular weight excluding hydrogens is 308 g/mol. The van der Waals surface area contributed by atoms with Crippen LogP contribution in [0.15, 0.2) is 42.6 Å². The Bertz CT molecular complexity index is 785. The number of nitro groups is 1. The van der Waals surface area contributed by atoms with Gasteiger partial charge in [-0.25, -0.2) is 0 Å². The topological polar surface area (TPSA) is 117 Å². The van der Waals surface area contributed by atoms with Crippen molar-refractivity contribution >= 4 is 29.7 Å². The molecule has 0 aliphatic heterocycles. The van der Waals surface area contributed by atoms with E-state index in [4.69, 9.17) is 12.2 Å². The van der Waals surface area contributed by atoms with E-state index in [1.54, 1.807) is 12.3 Å². The predicted molar refractivity (Wildman–Crippen MR) is 79.7 cm³/mol. The van der Waals surface area contributed by atoms with Crippen LogP contribution in [-0.2, 0) is 0 Å². The molecule has 1 aromatic carbocycles. The number of nitrogens with one attached hydrogen (secondary N) is 3. The number of non-ortho nitro benzene ring substituents is 1. The Labute approximate surface area is 129 Å². The molecule has 1 heterocycles. The zero-order valence-corrected chi connectivity index (χ0v) is 11.8. The highest BCUT2D eigenvalue weighted by molar-refractivity contribution is 7.71. The van der Waals surface area contributed by atoms with Crippen LogP contribution in [0.4, 0.5) is 5.69 Å². The number of aromatic nitrogens is 1. The molecule has 0 unspecified atom stereocenters. The molecule has 0 radical (unpaired) electrons.